The topological polar surface area (TPSA) is 48.7 Å². The van der Waals surface area contributed by atoms with Gasteiger partial charge < -0.3 is 5.32 Å². The molecule has 3 rings (SSSR count). The Bertz CT molecular complexity index is 589. The van der Waals surface area contributed by atoms with Crippen LogP contribution in [0, 0.1) is 11.3 Å². The molecule has 1 atom stereocenters. The second kappa shape index (κ2) is 5.52. The molecule has 19 heavy (non-hydrogen) atoms. The molecule has 1 aromatic carbocycles. The molecule has 96 valence electrons. The van der Waals surface area contributed by atoms with Crippen molar-refractivity contribution >= 4 is 11.3 Å². The van der Waals surface area contributed by atoms with E-state index in [1.165, 1.54) is 17.8 Å². The van der Waals surface area contributed by atoms with Crippen LogP contribution in [0.1, 0.15) is 23.4 Å². The first-order valence-electron chi connectivity index (χ1n) is 6.53. The molecule has 3 nitrogen and oxygen atoms in total. The van der Waals surface area contributed by atoms with Crippen LogP contribution < -0.4 is 5.32 Å². The second-order valence-electron chi connectivity index (χ2n) is 4.81. The van der Waals surface area contributed by atoms with Gasteiger partial charge >= 0.3 is 0 Å². The lowest BCUT2D eigenvalue weighted by Crippen LogP contribution is -2.23. The predicted octanol–water partition coefficient (Wildman–Crippen LogP) is 2.98. The summed E-state index contributed by atoms with van der Waals surface area (Å²) >= 11 is 1.73. The third kappa shape index (κ3) is 2.83. The highest BCUT2D eigenvalue weighted by atomic mass is 32.1. The Morgan fingerprint density at radius 3 is 2.89 bits per heavy atom. The molecule has 1 aliphatic rings. The zero-order valence-electron chi connectivity index (χ0n) is 10.6. The van der Waals surface area contributed by atoms with Crippen molar-refractivity contribution in [1.29, 1.82) is 5.26 Å². The third-order valence-electron chi connectivity index (χ3n) is 3.44. The smallest absolute Gasteiger partial charge is 0.0991 e. The molecule has 0 saturated carbocycles. The molecular weight excluding hydrogens is 254 g/mol. The van der Waals surface area contributed by atoms with Gasteiger partial charge in [0.05, 0.1) is 22.3 Å². The van der Waals surface area contributed by atoms with E-state index in [9.17, 15) is 0 Å². The van der Waals surface area contributed by atoms with Crippen molar-refractivity contribution in [2.24, 2.45) is 0 Å². The second-order valence-corrected chi connectivity index (χ2v) is 5.76. The predicted molar refractivity (Wildman–Crippen MR) is 77.0 cm³/mol. The molecule has 1 saturated heterocycles. The molecule has 1 fully saturated rings. The highest BCUT2D eigenvalue weighted by molar-refractivity contribution is 7.09. The Morgan fingerprint density at radius 1 is 1.37 bits per heavy atom. The van der Waals surface area contributed by atoms with E-state index in [1.54, 1.807) is 11.3 Å². The molecule has 2 heterocycles. The Kier molecular flexibility index (Phi) is 3.58. The summed E-state index contributed by atoms with van der Waals surface area (Å²) in [6, 6.07) is 10.3. The number of benzene rings is 1. The number of rotatable bonds is 3. The third-order valence-corrected chi connectivity index (χ3v) is 4.32. The fourth-order valence-electron chi connectivity index (χ4n) is 2.39. The number of thiazole rings is 1. The molecule has 1 unspecified atom stereocenters. The first-order chi connectivity index (χ1) is 9.35. The Balaban J connectivity index is 1.74. The average Bonchev–Trinajstić information content (AvgIpc) is 3.11. The molecule has 1 aromatic heterocycles. The molecule has 4 heteroatoms. The maximum absolute atomic E-state index is 8.79. The van der Waals surface area contributed by atoms with Gasteiger partial charge in [0.2, 0.25) is 0 Å². The van der Waals surface area contributed by atoms with Crippen molar-refractivity contribution in [3.8, 4) is 17.3 Å². The molecule has 0 amide bonds. The monoisotopic (exact) mass is 269 g/mol. The standard InChI is InChI=1S/C15H15N3S/c16-9-11-3-5-12(6-4-11)14-10-19-15(18-14)8-13-2-1-7-17-13/h3-6,10,13,17H,1-2,7-8H2. The van der Waals surface area contributed by atoms with Crippen LogP contribution in [0.15, 0.2) is 29.6 Å². The van der Waals surface area contributed by atoms with Gasteiger partial charge in [-0.05, 0) is 31.5 Å². The van der Waals surface area contributed by atoms with Gasteiger partial charge in [0.15, 0.2) is 0 Å². The summed E-state index contributed by atoms with van der Waals surface area (Å²) < 4.78 is 0. The number of hydrogen-bond donors (Lipinski definition) is 1. The minimum absolute atomic E-state index is 0.597. The molecule has 0 aliphatic carbocycles. The van der Waals surface area contributed by atoms with Crippen LogP contribution in [0.5, 0.6) is 0 Å². The number of hydrogen-bond acceptors (Lipinski definition) is 4. The number of nitrogens with one attached hydrogen (secondary N) is 1. The van der Waals surface area contributed by atoms with Gasteiger partial charge in [-0.2, -0.15) is 5.26 Å². The molecule has 2 aromatic rings. The van der Waals surface area contributed by atoms with Crippen LogP contribution in [-0.4, -0.2) is 17.6 Å². The Labute approximate surface area is 116 Å². The van der Waals surface area contributed by atoms with Gasteiger partial charge in [0, 0.05) is 23.4 Å². The van der Waals surface area contributed by atoms with Crippen molar-refractivity contribution < 1.29 is 0 Å². The van der Waals surface area contributed by atoms with Crippen molar-refractivity contribution in [3.63, 3.8) is 0 Å². The van der Waals surface area contributed by atoms with Gasteiger partial charge in [0.25, 0.3) is 0 Å². The summed E-state index contributed by atoms with van der Waals surface area (Å²) in [6.07, 6.45) is 3.56. The van der Waals surface area contributed by atoms with Gasteiger partial charge in [-0.25, -0.2) is 4.98 Å². The lowest BCUT2D eigenvalue weighted by molar-refractivity contribution is 0.601. The van der Waals surface area contributed by atoms with Crippen LogP contribution in [-0.2, 0) is 6.42 Å². The summed E-state index contributed by atoms with van der Waals surface area (Å²) in [5.41, 5.74) is 2.79. The van der Waals surface area contributed by atoms with Crippen molar-refractivity contribution in [2.75, 3.05) is 6.54 Å². The Morgan fingerprint density at radius 2 is 2.21 bits per heavy atom. The molecule has 0 radical (unpaired) electrons. The summed E-state index contributed by atoms with van der Waals surface area (Å²) in [6.45, 7) is 1.14. The quantitative estimate of drug-likeness (QED) is 0.932. The summed E-state index contributed by atoms with van der Waals surface area (Å²) in [7, 11) is 0. The van der Waals surface area contributed by atoms with Crippen LogP contribution >= 0.6 is 11.3 Å². The van der Waals surface area contributed by atoms with Crippen molar-refractivity contribution in [3.05, 3.63) is 40.2 Å². The normalized spacial score (nSPS) is 18.4. The Hall–Kier alpha value is -1.70. The summed E-state index contributed by atoms with van der Waals surface area (Å²) in [4.78, 5) is 4.70. The number of nitriles is 1. The van der Waals surface area contributed by atoms with E-state index in [0.717, 1.165) is 24.2 Å². The van der Waals surface area contributed by atoms with Crippen LogP contribution in [0.3, 0.4) is 0 Å². The zero-order valence-corrected chi connectivity index (χ0v) is 11.4. The zero-order chi connectivity index (χ0) is 13.1. The fraction of sp³-hybridized carbons (Fsp3) is 0.333. The molecule has 0 bridgehead atoms. The van der Waals surface area contributed by atoms with Gasteiger partial charge in [-0.1, -0.05) is 12.1 Å². The van der Waals surface area contributed by atoms with E-state index in [-0.39, 0.29) is 0 Å². The molecule has 1 N–H and O–H groups in total. The molecule has 0 spiro atoms. The number of nitrogens with zero attached hydrogens (tertiary/aromatic N) is 2. The minimum Gasteiger partial charge on any atom is -0.314 e. The van der Waals surface area contributed by atoms with Crippen molar-refractivity contribution in [1.82, 2.24) is 10.3 Å². The largest absolute Gasteiger partial charge is 0.314 e. The minimum atomic E-state index is 0.597. The van der Waals surface area contributed by atoms with E-state index in [1.807, 2.05) is 24.3 Å². The highest BCUT2D eigenvalue weighted by Crippen LogP contribution is 2.24. The molecule has 1 aliphatic heterocycles. The van der Waals surface area contributed by atoms with Crippen LogP contribution in [0.25, 0.3) is 11.3 Å². The van der Waals surface area contributed by atoms with Gasteiger partial charge in [0.1, 0.15) is 0 Å². The fourth-order valence-corrected chi connectivity index (χ4v) is 3.28. The van der Waals surface area contributed by atoms with Gasteiger partial charge in [-0.15, -0.1) is 11.3 Å². The lowest BCUT2D eigenvalue weighted by atomic mass is 10.1. The first kappa shape index (κ1) is 12.3. The SMILES string of the molecule is N#Cc1ccc(-c2csc(CC3CCCN3)n2)cc1. The van der Waals surface area contributed by atoms with E-state index in [2.05, 4.69) is 16.8 Å². The summed E-state index contributed by atoms with van der Waals surface area (Å²) in [5.74, 6) is 0. The highest BCUT2D eigenvalue weighted by Gasteiger charge is 2.16. The lowest BCUT2D eigenvalue weighted by Gasteiger charge is -2.06. The molecular formula is C15H15N3S. The van der Waals surface area contributed by atoms with E-state index < -0.39 is 0 Å². The maximum Gasteiger partial charge on any atom is 0.0991 e. The number of aromatic nitrogens is 1. The van der Waals surface area contributed by atoms with E-state index in [4.69, 9.17) is 10.2 Å². The van der Waals surface area contributed by atoms with Crippen molar-refractivity contribution in [2.45, 2.75) is 25.3 Å². The first-order valence-corrected chi connectivity index (χ1v) is 7.41. The van der Waals surface area contributed by atoms with E-state index >= 15 is 0 Å². The van der Waals surface area contributed by atoms with E-state index in [0.29, 0.717) is 11.6 Å². The maximum atomic E-state index is 8.79. The van der Waals surface area contributed by atoms with Crippen LogP contribution in [0.2, 0.25) is 0 Å². The van der Waals surface area contributed by atoms with Gasteiger partial charge in [-0.3, -0.25) is 0 Å². The summed E-state index contributed by atoms with van der Waals surface area (Å²) in [5, 5.41) is 15.6. The average molecular weight is 269 g/mol. The van der Waals surface area contributed by atoms with Crippen LogP contribution in [0.4, 0.5) is 0 Å².